The van der Waals surface area contributed by atoms with Gasteiger partial charge in [0.2, 0.25) is 5.91 Å². The Bertz CT molecular complexity index is 757. The number of carbonyl (C=O) groups excluding carboxylic acids is 1. The highest BCUT2D eigenvalue weighted by Crippen LogP contribution is 2.42. The number of halogens is 4. The zero-order valence-electron chi connectivity index (χ0n) is 14.5. The number of carbonyl (C=O) groups is 1. The largest absolute Gasteiger partial charge is 0.418 e. The highest BCUT2D eigenvalue weighted by molar-refractivity contribution is 6.31. The third kappa shape index (κ3) is 4.12. The minimum absolute atomic E-state index is 0.0421. The first-order valence-corrected chi connectivity index (χ1v) is 9.16. The zero-order chi connectivity index (χ0) is 19.8. The van der Waals surface area contributed by atoms with Crippen molar-refractivity contribution in [1.82, 2.24) is 4.90 Å². The summed E-state index contributed by atoms with van der Waals surface area (Å²) in [6, 6.07) is 1.35. The Hall–Kier alpha value is -2.03. The number of nitrogens with zero attached hydrogens (tertiary/aromatic N) is 3. The number of alkyl halides is 3. The summed E-state index contributed by atoms with van der Waals surface area (Å²) in [5.41, 5.74) is -1.76. The third-order valence-electron chi connectivity index (χ3n) is 5.11. The number of hydrogen-bond donors (Lipinski definition) is 0. The lowest BCUT2D eigenvalue weighted by molar-refractivity contribution is -0.384. The van der Waals surface area contributed by atoms with Crippen LogP contribution in [0.15, 0.2) is 12.1 Å². The van der Waals surface area contributed by atoms with E-state index in [2.05, 4.69) is 0 Å². The summed E-state index contributed by atoms with van der Waals surface area (Å²) in [5, 5.41) is 10.9. The van der Waals surface area contributed by atoms with Crippen molar-refractivity contribution in [2.75, 3.05) is 24.5 Å². The maximum absolute atomic E-state index is 13.1. The van der Waals surface area contributed by atoms with Gasteiger partial charge in [-0.1, -0.05) is 11.6 Å². The summed E-state index contributed by atoms with van der Waals surface area (Å²) in [7, 11) is 0. The lowest BCUT2D eigenvalue weighted by atomic mass is 9.99. The van der Waals surface area contributed by atoms with E-state index in [-0.39, 0.29) is 17.6 Å². The molecular formula is C17H19ClF3N3O3. The number of nitro benzene ring substituents is 1. The molecule has 0 saturated carbocycles. The molecule has 0 spiro atoms. The van der Waals surface area contributed by atoms with Crippen molar-refractivity contribution in [3.05, 3.63) is 32.8 Å². The summed E-state index contributed by atoms with van der Waals surface area (Å²) in [5.74, 6) is 0.0421. The molecule has 2 saturated heterocycles. The first-order chi connectivity index (χ1) is 12.7. The van der Waals surface area contributed by atoms with Crippen molar-refractivity contribution in [1.29, 1.82) is 0 Å². The highest BCUT2D eigenvalue weighted by atomic mass is 35.5. The molecule has 1 aromatic rings. The fourth-order valence-corrected chi connectivity index (χ4v) is 4.07. The molecule has 2 fully saturated rings. The van der Waals surface area contributed by atoms with E-state index < -0.39 is 27.4 Å². The van der Waals surface area contributed by atoms with Gasteiger partial charge < -0.3 is 9.80 Å². The molecule has 10 heteroatoms. The van der Waals surface area contributed by atoms with Gasteiger partial charge in [0.05, 0.1) is 15.5 Å². The average Bonchev–Trinajstić information content (AvgIpc) is 2.98. The summed E-state index contributed by atoms with van der Waals surface area (Å²) < 4.78 is 39.3. The molecule has 27 heavy (non-hydrogen) atoms. The Labute approximate surface area is 159 Å². The van der Waals surface area contributed by atoms with Gasteiger partial charge in [-0.25, -0.2) is 0 Å². The quantitative estimate of drug-likeness (QED) is 0.555. The van der Waals surface area contributed by atoms with Crippen LogP contribution in [0, 0.1) is 10.1 Å². The van der Waals surface area contributed by atoms with E-state index in [0.717, 1.165) is 25.3 Å². The van der Waals surface area contributed by atoms with Crippen LogP contribution in [0.5, 0.6) is 0 Å². The smallest absolute Gasteiger partial charge is 0.361 e. The van der Waals surface area contributed by atoms with Crippen LogP contribution in [0.3, 0.4) is 0 Å². The number of likely N-dealkylation sites (tertiary alicyclic amines) is 1. The van der Waals surface area contributed by atoms with Crippen LogP contribution in [-0.2, 0) is 11.0 Å². The van der Waals surface area contributed by atoms with Gasteiger partial charge >= 0.3 is 6.18 Å². The first-order valence-electron chi connectivity index (χ1n) is 8.78. The van der Waals surface area contributed by atoms with Crippen LogP contribution < -0.4 is 4.90 Å². The number of rotatable bonds is 4. The van der Waals surface area contributed by atoms with Crippen molar-refractivity contribution < 1.29 is 22.9 Å². The van der Waals surface area contributed by atoms with E-state index >= 15 is 0 Å². The van der Waals surface area contributed by atoms with Crippen molar-refractivity contribution in [2.24, 2.45) is 0 Å². The van der Waals surface area contributed by atoms with Gasteiger partial charge in [-0.2, -0.15) is 13.2 Å². The Morgan fingerprint density at radius 1 is 1.22 bits per heavy atom. The van der Waals surface area contributed by atoms with Crippen molar-refractivity contribution in [2.45, 2.75) is 44.3 Å². The number of hydrogen-bond acceptors (Lipinski definition) is 4. The van der Waals surface area contributed by atoms with E-state index in [1.54, 1.807) is 9.80 Å². The van der Waals surface area contributed by atoms with Crippen LogP contribution in [0.2, 0.25) is 5.02 Å². The number of benzene rings is 1. The summed E-state index contributed by atoms with van der Waals surface area (Å²) in [4.78, 5) is 26.0. The molecule has 3 rings (SSSR count). The molecule has 6 nitrogen and oxygen atoms in total. The molecule has 1 amide bonds. The molecule has 0 aromatic heterocycles. The minimum atomic E-state index is -4.77. The molecule has 0 aliphatic carbocycles. The number of piperidine rings is 1. The SMILES string of the molecule is O=C1CCCN1CC1CCCCN1c1cc(Cl)c(C(F)(F)F)cc1[N+](=O)[O-]. The molecule has 2 heterocycles. The average molecular weight is 406 g/mol. The molecule has 0 radical (unpaired) electrons. The van der Waals surface area contributed by atoms with E-state index in [0.29, 0.717) is 38.5 Å². The van der Waals surface area contributed by atoms with Crippen LogP contribution in [-0.4, -0.2) is 41.4 Å². The van der Waals surface area contributed by atoms with Gasteiger partial charge in [0.1, 0.15) is 5.69 Å². The topological polar surface area (TPSA) is 66.7 Å². The van der Waals surface area contributed by atoms with Crippen molar-refractivity contribution >= 4 is 28.9 Å². The fraction of sp³-hybridized carbons (Fsp3) is 0.588. The van der Waals surface area contributed by atoms with Gasteiger partial charge in [0, 0.05) is 38.2 Å². The molecule has 1 unspecified atom stereocenters. The maximum atomic E-state index is 13.1. The van der Waals surface area contributed by atoms with E-state index in [1.165, 1.54) is 0 Å². The normalized spacial score (nSPS) is 21.0. The van der Waals surface area contributed by atoms with Crippen molar-refractivity contribution in [3.8, 4) is 0 Å². The summed E-state index contributed by atoms with van der Waals surface area (Å²) in [6.07, 6.45) is -1.15. The van der Waals surface area contributed by atoms with Gasteiger partial charge in [0.15, 0.2) is 0 Å². The summed E-state index contributed by atoms with van der Waals surface area (Å²) in [6.45, 7) is 1.52. The molecule has 2 aliphatic heterocycles. The van der Waals surface area contributed by atoms with Crippen molar-refractivity contribution in [3.63, 3.8) is 0 Å². The predicted molar refractivity (Wildman–Crippen MR) is 93.9 cm³/mol. The fourth-order valence-electron chi connectivity index (χ4n) is 3.80. The Kier molecular flexibility index (Phi) is 5.50. The highest BCUT2D eigenvalue weighted by Gasteiger charge is 2.38. The van der Waals surface area contributed by atoms with Gasteiger partial charge in [0.25, 0.3) is 5.69 Å². The van der Waals surface area contributed by atoms with E-state index in [4.69, 9.17) is 11.6 Å². The monoisotopic (exact) mass is 405 g/mol. The first kappa shape index (κ1) is 19.7. The molecule has 1 atom stereocenters. The van der Waals surface area contributed by atoms with Crippen LogP contribution in [0.1, 0.15) is 37.7 Å². The Morgan fingerprint density at radius 3 is 2.56 bits per heavy atom. The second-order valence-electron chi connectivity index (χ2n) is 6.86. The molecular weight excluding hydrogens is 387 g/mol. The second kappa shape index (κ2) is 7.53. The molecule has 2 aliphatic rings. The number of amides is 1. The van der Waals surface area contributed by atoms with Crippen LogP contribution >= 0.6 is 11.6 Å². The lowest BCUT2D eigenvalue weighted by Gasteiger charge is -2.39. The standard InChI is InChI=1S/C17H19ClF3N3O3/c18-13-9-14(15(24(26)27)8-12(13)17(19,20)21)23-7-2-1-4-11(23)10-22-6-3-5-16(22)25/h8-9,11H,1-7,10H2. The molecule has 0 N–H and O–H groups in total. The number of nitro groups is 1. The van der Waals surface area contributed by atoms with Gasteiger partial charge in [-0.05, 0) is 31.7 Å². The van der Waals surface area contributed by atoms with E-state index in [9.17, 15) is 28.1 Å². The zero-order valence-corrected chi connectivity index (χ0v) is 15.2. The predicted octanol–water partition coefficient (Wildman–Crippen LogP) is 4.25. The Morgan fingerprint density at radius 2 is 1.96 bits per heavy atom. The second-order valence-corrected chi connectivity index (χ2v) is 7.27. The Balaban J connectivity index is 1.97. The van der Waals surface area contributed by atoms with Gasteiger partial charge in [-0.15, -0.1) is 0 Å². The molecule has 148 valence electrons. The van der Waals surface area contributed by atoms with Crippen LogP contribution in [0.4, 0.5) is 24.5 Å². The maximum Gasteiger partial charge on any atom is 0.418 e. The number of anilines is 1. The lowest BCUT2D eigenvalue weighted by Crippen LogP contribution is -2.47. The third-order valence-corrected chi connectivity index (χ3v) is 5.42. The molecule has 0 bridgehead atoms. The summed E-state index contributed by atoms with van der Waals surface area (Å²) >= 11 is 5.82. The molecule has 1 aromatic carbocycles. The minimum Gasteiger partial charge on any atom is -0.361 e. The van der Waals surface area contributed by atoms with Gasteiger partial charge in [-0.3, -0.25) is 14.9 Å². The van der Waals surface area contributed by atoms with E-state index in [1.807, 2.05) is 0 Å². The van der Waals surface area contributed by atoms with Crippen LogP contribution in [0.25, 0.3) is 0 Å².